The Morgan fingerprint density at radius 2 is 2.33 bits per heavy atom. The molecule has 1 rings (SSSR count). The molecule has 0 unspecified atom stereocenters. The van der Waals surface area contributed by atoms with Crippen molar-refractivity contribution in [1.82, 2.24) is 9.55 Å². The second kappa shape index (κ2) is 3.36. The summed E-state index contributed by atoms with van der Waals surface area (Å²) in [4.78, 5) is 19.4. The third kappa shape index (κ3) is 1.62. The Morgan fingerprint density at radius 1 is 1.67 bits per heavy atom. The molecular formula is C7H11N3O2. The van der Waals surface area contributed by atoms with Crippen molar-refractivity contribution in [2.75, 3.05) is 12.6 Å². The van der Waals surface area contributed by atoms with Crippen LogP contribution < -0.4 is 11.2 Å². The van der Waals surface area contributed by atoms with Crippen molar-refractivity contribution in [1.29, 1.82) is 0 Å². The van der Waals surface area contributed by atoms with E-state index < -0.39 is 0 Å². The van der Waals surface area contributed by atoms with Gasteiger partial charge in [-0.1, -0.05) is 0 Å². The molecule has 0 aliphatic carbocycles. The van der Waals surface area contributed by atoms with E-state index in [0.29, 0.717) is 5.82 Å². The number of rotatable bonds is 2. The summed E-state index contributed by atoms with van der Waals surface area (Å²) >= 11 is 0. The maximum atomic E-state index is 11.0. The highest BCUT2D eigenvalue weighted by Crippen LogP contribution is 2.05. The van der Waals surface area contributed by atoms with E-state index in [-0.39, 0.29) is 5.69 Å². The average Bonchev–Trinajstić information content (AvgIpc) is 2.01. The van der Waals surface area contributed by atoms with Gasteiger partial charge in [-0.25, -0.2) is 10.3 Å². The molecule has 1 N–H and O–H groups in total. The molecule has 0 amide bonds. The Labute approximate surface area is 70.0 Å². The number of nitrogens with one attached hydrogen (secondary N) is 1. The Balaban J connectivity index is 3.14. The molecule has 1 heterocycles. The summed E-state index contributed by atoms with van der Waals surface area (Å²) in [6.45, 7) is 1.84. The van der Waals surface area contributed by atoms with Crippen molar-refractivity contribution in [3.63, 3.8) is 0 Å². The third-order valence-corrected chi connectivity index (χ3v) is 1.47. The van der Waals surface area contributed by atoms with Gasteiger partial charge in [-0.3, -0.25) is 4.84 Å². The monoisotopic (exact) mass is 169 g/mol. The molecule has 0 fully saturated rings. The molecule has 1 aromatic rings. The highest BCUT2D eigenvalue weighted by molar-refractivity contribution is 5.38. The first kappa shape index (κ1) is 8.73. The standard InChI is InChI=1S/C7H11N3O2/c1-5-4-10(2)7(11)8-6(5)9-12-3/h4H,1-3H3,(H,8,9,11). The molecule has 0 saturated carbocycles. The van der Waals surface area contributed by atoms with E-state index in [1.54, 1.807) is 13.2 Å². The van der Waals surface area contributed by atoms with E-state index >= 15 is 0 Å². The van der Waals surface area contributed by atoms with Gasteiger partial charge in [0.2, 0.25) is 0 Å². The zero-order valence-corrected chi connectivity index (χ0v) is 7.29. The highest BCUT2D eigenvalue weighted by Gasteiger charge is 2.00. The lowest BCUT2D eigenvalue weighted by molar-refractivity contribution is 0.268. The first-order valence-corrected chi connectivity index (χ1v) is 3.48. The molecule has 12 heavy (non-hydrogen) atoms. The molecule has 0 aliphatic heterocycles. The van der Waals surface area contributed by atoms with Crippen LogP contribution in [0.3, 0.4) is 0 Å². The van der Waals surface area contributed by atoms with E-state index in [4.69, 9.17) is 0 Å². The number of anilines is 1. The van der Waals surface area contributed by atoms with Gasteiger partial charge in [-0.15, -0.1) is 0 Å². The number of nitrogens with zero attached hydrogens (tertiary/aromatic N) is 2. The zero-order valence-electron chi connectivity index (χ0n) is 7.29. The fourth-order valence-corrected chi connectivity index (χ4v) is 0.870. The molecule has 0 aliphatic rings. The topological polar surface area (TPSA) is 56.1 Å². The van der Waals surface area contributed by atoms with Crippen LogP contribution in [0.2, 0.25) is 0 Å². The van der Waals surface area contributed by atoms with Gasteiger partial charge in [-0.2, -0.15) is 4.98 Å². The van der Waals surface area contributed by atoms with Gasteiger partial charge >= 0.3 is 5.69 Å². The molecule has 66 valence electrons. The van der Waals surface area contributed by atoms with Gasteiger partial charge < -0.3 is 4.57 Å². The van der Waals surface area contributed by atoms with Gasteiger partial charge in [-0.05, 0) is 6.92 Å². The first-order chi connectivity index (χ1) is 5.65. The van der Waals surface area contributed by atoms with E-state index in [0.717, 1.165) is 5.56 Å². The lowest BCUT2D eigenvalue weighted by Crippen LogP contribution is -2.21. The van der Waals surface area contributed by atoms with Gasteiger partial charge in [0, 0.05) is 18.8 Å². The van der Waals surface area contributed by atoms with Crippen LogP contribution in [0, 0.1) is 6.92 Å². The molecule has 5 nitrogen and oxygen atoms in total. The van der Waals surface area contributed by atoms with E-state index in [1.807, 2.05) is 6.92 Å². The third-order valence-electron chi connectivity index (χ3n) is 1.47. The van der Waals surface area contributed by atoms with E-state index in [1.165, 1.54) is 11.7 Å². The van der Waals surface area contributed by atoms with E-state index in [2.05, 4.69) is 15.3 Å². The molecule has 1 aromatic heterocycles. The Hall–Kier alpha value is -1.36. The predicted molar refractivity (Wildman–Crippen MR) is 44.8 cm³/mol. The molecule has 0 atom stereocenters. The van der Waals surface area contributed by atoms with E-state index in [9.17, 15) is 4.79 Å². The Kier molecular flexibility index (Phi) is 2.44. The summed E-state index contributed by atoms with van der Waals surface area (Å²) in [6.07, 6.45) is 1.69. The van der Waals surface area contributed by atoms with Crippen molar-refractivity contribution in [2.45, 2.75) is 6.92 Å². The normalized spacial score (nSPS) is 9.92. The van der Waals surface area contributed by atoms with Gasteiger partial charge in [0.1, 0.15) is 0 Å². The molecule has 5 heteroatoms. The van der Waals surface area contributed by atoms with Crippen LogP contribution in [-0.4, -0.2) is 16.7 Å². The quantitative estimate of drug-likeness (QED) is 0.636. The van der Waals surface area contributed by atoms with Crippen molar-refractivity contribution in [3.8, 4) is 0 Å². The van der Waals surface area contributed by atoms with Crippen LogP contribution in [0.15, 0.2) is 11.0 Å². The molecule has 0 saturated heterocycles. The van der Waals surface area contributed by atoms with Crippen LogP contribution >= 0.6 is 0 Å². The van der Waals surface area contributed by atoms with Gasteiger partial charge in [0.15, 0.2) is 5.82 Å². The maximum Gasteiger partial charge on any atom is 0.349 e. The second-order valence-corrected chi connectivity index (χ2v) is 2.47. The number of aryl methyl sites for hydroxylation is 2. The van der Waals surface area contributed by atoms with Crippen molar-refractivity contribution in [2.24, 2.45) is 7.05 Å². The van der Waals surface area contributed by atoms with Crippen LogP contribution in [0.1, 0.15) is 5.56 Å². The van der Waals surface area contributed by atoms with Crippen LogP contribution in [-0.2, 0) is 11.9 Å². The average molecular weight is 169 g/mol. The molecule has 0 spiro atoms. The molecule has 0 bridgehead atoms. The summed E-state index contributed by atoms with van der Waals surface area (Å²) in [5, 5.41) is 0. The van der Waals surface area contributed by atoms with Gasteiger partial charge in [0.05, 0.1) is 7.11 Å². The van der Waals surface area contributed by atoms with Crippen LogP contribution in [0.25, 0.3) is 0 Å². The lowest BCUT2D eigenvalue weighted by atomic mass is 10.3. The number of hydrogen-bond acceptors (Lipinski definition) is 4. The van der Waals surface area contributed by atoms with Crippen molar-refractivity contribution >= 4 is 5.82 Å². The number of hydrogen-bond donors (Lipinski definition) is 1. The fraction of sp³-hybridized carbons (Fsp3) is 0.429. The van der Waals surface area contributed by atoms with Gasteiger partial charge in [0.25, 0.3) is 0 Å². The summed E-state index contributed by atoms with van der Waals surface area (Å²) in [5.41, 5.74) is 3.07. The summed E-state index contributed by atoms with van der Waals surface area (Å²) < 4.78 is 1.41. The van der Waals surface area contributed by atoms with Crippen LogP contribution in [0.5, 0.6) is 0 Å². The van der Waals surface area contributed by atoms with Crippen molar-refractivity contribution in [3.05, 3.63) is 22.2 Å². The Morgan fingerprint density at radius 3 is 2.92 bits per heavy atom. The summed E-state index contributed by atoms with van der Waals surface area (Å²) in [5.74, 6) is 0.459. The second-order valence-electron chi connectivity index (χ2n) is 2.47. The van der Waals surface area contributed by atoms with Crippen molar-refractivity contribution < 1.29 is 4.84 Å². The summed E-state index contributed by atoms with van der Waals surface area (Å²) in [7, 11) is 3.12. The largest absolute Gasteiger partial charge is 0.349 e. The smallest absolute Gasteiger partial charge is 0.302 e. The zero-order chi connectivity index (χ0) is 9.14. The van der Waals surface area contributed by atoms with Crippen LogP contribution in [0.4, 0.5) is 5.82 Å². The molecular weight excluding hydrogens is 158 g/mol. The molecule has 0 radical (unpaired) electrons. The lowest BCUT2D eigenvalue weighted by Gasteiger charge is -2.05. The minimum atomic E-state index is -0.305. The minimum absolute atomic E-state index is 0.305. The molecule has 0 aromatic carbocycles. The maximum absolute atomic E-state index is 11.0. The first-order valence-electron chi connectivity index (χ1n) is 3.48. The SMILES string of the molecule is CONc1nc(=O)n(C)cc1C. The number of aromatic nitrogens is 2. The Bertz CT molecular complexity index is 332. The minimum Gasteiger partial charge on any atom is -0.302 e. The summed E-state index contributed by atoms with van der Waals surface area (Å²) in [6, 6.07) is 0. The fourth-order valence-electron chi connectivity index (χ4n) is 0.870. The predicted octanol–water partition coefficient (Wildman–Crippen LogP) is 0.0620. The highest BCUT2D eigenvalue weighted by atomic mass is 16.6.